The Morgan fingerprint density at radius 2 is 1.89 bits per heavy atom. The van der Waals surface area contributed by atoms with Gasteiger partial charge in [0.1, 0.15) is 0 Å². The van der Waals surface area contributed by atoms with Crippen LogP contribution in [0.1, 0.15) is 19.4 Å². The number of nitrogens with zero attached hydrogens (tertiary/aromatic N) is 1. The molecule has 1 aliphatic heterocycles. The highest BCUT2D eigenvalue weighted by molar-refractivity contribution is 6.34. The maximum atomic E-state index is 6.00. The van der Waals surface area contributed by atoms with Crippen LogP contribution in [0.4, 0.5) is 0 Å². The smallest absolute Gasteiger partial charge is 0.0424 e. The van der Waals surface area contributed by atoms with Crippen molar-refractivity contribution in [2.45, 2.75) is 26.4 Å². The van der Waals surface area contributed by atoms with Crippen LogP contribution < -0.4 is 5.32 Å². The zero-order valence-electron chi connectivity index (χ0n) is 11.1. The molecule has 0 spiro atoms. The van der Waals surface area contributed by atoms with Crippen LogP contribution in [0.5, 0.6) is 0 Å². The van der Waals surface area contributed by atoms with Crippen LogP contribution in [0.2, 0.25) is 10.0 Å². The van der Waals surface area contributed by atoms with E-state index in [2.05, 4.69) is 31.1 Å². The van der Waals surface area contributed by atoms with E-state index < -0.39 is 0 Å². The van der Waals surface area contributed by atoms with Gasteiger partial charge in [0.15, 0.2) is 0 Å². The lowest BCUT2D eigenvalue weighted by atomic mass is 9.88. The van der Waals surface area contributed by atoms with E-state index in [4.69, 9.17) is 23.2 Å². The summed E-state index contributed by atoms with van der Waals surface area (Å²) in [6, 6.07) is 6.19. The second-order valence-corrected chi connectivity index (χ2v) is 6.77. The Morgan fingerprint density at radius 3 is 2.39 bits per heavy atom. The van der Waals surface area contributed by atoms with Crippen molar-refractivity contribution >= 4 is 23.2 Å². The van der Waals surface area contributed by atoms with Crippen LogP contribution in [-0.4, -0.2) is 31.1 Å². The van der Waals surface area contributed by atoms with E-state index in [9.17, 15) is 0 Å². The van der Waals surface area contributed by atoms with E-state index in [1.54, 1.807) is 6.07 Å². The largest absolute Gasteiger partial charge is 0.308 e. The normalized spacial score (nSPS) is 23.5. The van der Waals surface area contributed by atoms with Crippen molar-refractivity contribution in [1.29, 1.82) is 0 Å². The zero-order chi connectivity index (χ0) is 13.3. The summed E-state index contributed by atoms with van der Waals surface area (Å²) in [5.41, 5.74) is 1.44. The highest BCUT2D eigenvalue weighted by Crippen LogP contribution is 2.29. The molecule has 0 bridgehead atoms. The Labute approximate surface area is 119 Å². The van der Waals surface area contributed by atoms with Crippen LogP contribution in [0, 0.1) is 5.41 Å². The lowest BCUT2D eigenvalue weighted by Gasteiger charge is -2.26. The van der Waals surface area contributed by atoms with Crippen molar-refractivity contribution in [3.63, 3.8) is 0 Å². The van der Waals surface area contributed by atoms with Crippen molar-refractivity contribution in [2.24, 2.45) is 5.41 Å². The molecular weight excluding hydrogens is 267 g/mol. The summed E-state index contributed by atoms with van der Waals surface area (Å²) in [5, 5.41) is 5.01. The monoisotopic (exact) mass is 286 g/mol. The Morgan fingerprint density at radius 1 is 1.28 bits per heavy atom. The molecule has 0 amide bonds. The fraction of sp³-hybridized carbons (Fsp3) is 0.571. The molecule has 1 aromatic carbocycles. The van der Waals surface area contributed by atoms with Gasteiger partial charge in [-0.1, -0.05) is 37.0 Å². The molecule has 1 atom stereocenters. The highest BCUT2D eigenvalue weighted by Gasteiger charge is 2.37. The molecule has 1 heterocycles. The van der Waals surface area contributed by atoms with Crippen molar-refractivity contribution < 1.29 is 0 Å². The number of benzene rings is 1. The molecule has 1 fully saturated rings. The van der Waals surface area contributed by atoms with Gasteiger partial charge in [0, 0.05) is 35.7 Å². The van der Waals surface area contributed by atoms with Crippen molar-refractivity contribution in [1.82, 2.24) is 10.2 Å². The lowest BCUT2D eigenvalue weighted by molar-refractivity contribution is 0.297. The molecule has 0 aromatic heterocycles. The number of nitrogens with one attached hydrogen (secondary N) is 1. The minimum atomic E-state index is 0.303. The van der Waals surface area contributed by atoms with Crippen LogP contribution in [0.25, 0.3) is 0 Å². The molecule has 2 rings (SSSR count). The standard InChI is InChI=1S/C14H20Cl2N2/c1-14(2)9-18(3)8-13(14)17-7-10-4-11(15)6-12(16)5-10/h4-6,13,17H,7-9H2,1-3H3. The Balaban J connectivity index is 1.99. The van der Waals surface area contributed by atoms with E-state index in [1.165, 1.54) is 0 Å². The van der Waals surface area contributed by atoms with E-state index in [-0.39, 0.29) is 0 Å². The molecule has 0 aliphatic carbocycles. The molecule has 18 heavy (non-hydrogen) atoms. The van der Waals surface area contributed by atoms with Gasteiger partial charge in [-0.2, -0.15) is 0 Å². The molecule has 1 N–H and O–H groups in total. The summed E-state index contributed by atoms with van der Waals surface area (Å²) in [6.45, 7) is 7.63. The number of likely N-dealkylation sites (N-methyl/N-ethyl adjacent to an activating group) is 1. The summed E-state index contributed by atoms with van der Waals surface area (Å²) in [6.07, 6.45) is 0. The Kier molecular flexibility index (Phi) is 4.22. The first kappa shape index (κ1) is 14.1. The van der Waals surface area contributed by atoms with E-state index in [1.807, 2.05) is 12.1 Å². The van der Waals surface area contributed by atoms with Gasteiger partial charge in [-0.15, -0.1) is 0 Å². The second-order valence-electron chi connectivity index (χ2n) is 5.90. The first-order valence-corrected chi connectivity index (χ1v) is 6.99. The number of likely N-dealkylation sites (tertiary alicyclic amines) is 1. The molecule has 2 nitrogen and oxygen atoms in total. The summed E-state index contributed by atoms with van der Waals surface area (Å²) >= 11 is 12.0. The van der Waals surface area contributed by atoms with E-state index in [0.29, 0.717) is 21.5 Å². The Hall–Kier alpha value is -0.280. The molecule has 100 valence electrons. The molecule has 1 aliphatic rings. The first-order valence-electron chi connectivity index (χ1n) is 6.24. The SMILES string of the molecule is CN1CC(NCc2cc(Cl)cc(Cl)c2)C(C)(C)C1. The third-order valence-electron chi connectivity index (χ3n) is 3.59. The van der Waals surface area contributed by atoms with Gasteiger partial charge >= 0.3 is 0 Å². The van der Waals surface area contributed by atoms with Crippen molar-refractivity contribution in [3.8, 4) is 0 Å². The van der Waals surface area contributed by atoms with E-state index in [0.717, 1.165) is 25.2 Å². The van der Waals surface area contributed by atoms with Gasteiger partial charge in [-0.3, -0.25) is 0 Å². The third kappa shape index (κ3) is 3.39. The molecule has 0 saturated carbocycles. The maximum absolute atomic E-state index is 6.00. The van der Waals surface area contributed by atoms with Crippen molar-refractivity contribution in [2.75, 3.05) is 20.1 Å². The number of rotatable bonds is 3. The van der Waals surface area contributed by atoms with Gasteiger partial charge in [-0.25, -0.2) is 0 Å². The summed E-state index contributed by atoms with van der Waals surface area (Å²) in [4.78, 5) is 2.36. The van der Waals surface area contributed by atoms with Gasteiger partial charge in [0.05, 0.1) is 0 Å². The molecule has 1 aromatic rings. The van der Waals surface area contributed by atoms with E-state index >= 15 is 0 Å². The van der Waals surface area contributed by atoms with Crippen molar-refractivity contribution in [3.05, 3.63) is 33.8 Å². The average Bonchev–Trinajstić information content (AvgIpc) is 2.47. The predicted molar refractivity (Wildman–Crippen MR) is 78.4 cm³/mol. The Bertz CT molecular complexity index is 412. The fourth-order valence-electron chi connectivity index (χ4n) is 2.72. The van der Waals surface area contributed by atoms with Crippen LogP contribution >= 0.6 is 23.2 Å². The van der Waals surface area contributed by atoms with Gasteiger partial charge in [-0.05, 0) is 36.2 Å². The molecule has 0 radical (unpaired) electrons. The minimum Gasteiger partial charge on any atom is -0.308 e. The van der Waals surface area contributed by atoms with Gasteiger partial charge < -0.3 is 10.2 Å². The third-order valence-corrected chi connectivity index (χ3v) is 4.03. The lowest BCUT2D eigenvalue weighted by Crippen LogP contribution is -2.40. The first-order chi connectivity index (χ1) is 8.37. The highest BCUT2D eigenvalue weighted by atomic mass is 35.5. The number of hydrogen-bond acceptors (Lipinski definition) is 2. The maximum Gasteiger partial charge on any atom is 0.0424 e. The zero-order valence-corrected chi connectivity index (χ0v) is 12.6. The average molecular weight is 287 g/mol. The quantitative estimate of drug-likeness (QED) is 0.916. The van der Waals surface area contributed by atoms with Crippen LogP contribution in [0.15, 0.2) is 18.2 Å². The van der Waals surface area contributed by atoms with Crippen LogP contribution in [0.3, 0.4) is 0 Å². The molecule has 1 saturated heterocycles. The topological polar surface area (TPSA) is 15.3 Å². The number of hydrogen-bond donors (Lipinski definition) is 1. The fourth-order valence-corrected chi connectivity index (χ4v) is 3.30. The summed E-state index contributed by atoms with van der Waals surface area (Å²) in [5.74, 6) is 0. The van der Waals surface area contributed by atoms with Gasteiger partial charge in [0.25, 0.3) is 0 Å². The molecule has 4 heteroatoms. The number of halogens is 2. The summed E-state index contributed by atoms with van der Waals surface area (Å²) in [7, 11) is 2.17. The van der Waals surface area contributed by atoms with Gasteiger partial charge in [0.2, 0.25) is 0 Å². The molecular formula is C14H20Cl2N2. The second kappa shape index (κ2) is 5.38. The van der Waals surface area contributed by atoms with Crippen LogP contribution in [-0.2, 0) is 6.54 Å². The molecule has 1 unspecified atom stereocenters. The predicted octanol–water partition coefficient (Wildman–Crippen LogP) is 3.42. The minimum absolute atomic E-state index is 0.303. The summed E-state index contributed by atoms with van der Waals surface area (Å²) < 4.78 is 0.